The van der Waals surface area contributed by atoms with Gasteiger partial charge in [0.25, 0.3) is 0 Å². The number of carbonyl (C=O) groups is 1. The fraction of sp³-hybridized carbons (Fsp3) is 0.929. The van der Waals surface area contributed by atoms with Gasteiger partial charge in [-0.15, -0.1) is 12.4 Å². The summed E-state index contributed by atoms with van der Waals surface area (Å²) in [5.74, 6) is 0.544. The second-order valence-electron chi connectivity index (χ2n) is 6.16. The third-order valence-corrected chi connectivity index (χ3v) is 4.17. The number of nitrogens with zero attached hydrogens (tertiary/aromatic N) is 1. The normalized spacial score (nSPS) is 19.6. The van der Waals surface area contributed by atoms with Crippen molar-refractivity contribution in [1.29, 1.82) is 0 Å². The van der Waals surface area contributed by atoms with Crippen molar-refractivity contribution in [3.05, 3.63) is 0 Å². The van der Waals surface area contributed by atoms with E-state index in [-0.39, 0.29) is 23.8 Å². The Bertz CT molecular complexity index is 275. The lowest BCUT2D eigenvalue weighted by atomic mass is 9.87. The van der Waals surface area contributed by atoms with Crippen molar-refractivity contribution < 1.29 is 9.53 Å². The third kappa shape index (κ3) is 5.67. The first kappa shape index (κ1) is 18.7. The minimum Gasteiger partial charge on any atom is -0.469 e. The highest BCUT2D eigenvalue weighted by atomic mass is 35.5. The van der Waals surface area contributed by atoms with Crippen molar-refractivity contribution in [2.45, 2.75) is 46.1 Å². The summed E-state index contributed by atoms with van der Waals surface area (Å²) in [7, 11) is 1.46. The molecular weight excluding hydrogens is 264 g/mol. The van der Waals surface area contributed by atoms with Crippen LogP contribution in [0, 0.1) is 11.3 Å². The van der Waals surface area contributed by atoms with Crippen LogP contribution in [0.3, 0.4) is 0 Å². The lowest BCUT2D eigenvalue weighted by Crippen LogP contribution is -2.41. The highest BCUT2D eigenvalue weighted by molar-refractivity contribution is 5.85. The maximum atomic E-state index is 11.6. The van der Waals surface area contributed by atoms with Gasteiger partial charge in [-0.2, -0.15) is 0 Å². The van der Waals surface area contributed by atoms with Gasteiger partial charge in [0.15, 0.2) is 0 Å². The second-order valence-corrected chi connectivity index (χ2v) is 6.16. The molecule has 0 aromatic heterocycles. The molecule has 5 heteroatoms. The average Bonchev–Trinajstić information content (AvgIpc) is 2.35. The smallest absolute Gasteiger partial charge is 0.311 e. The molecule has 1 aliphatic rings. The predicted molar refractivity (Wildman–Crippen MR) is 80.5 cm³/mol. The summed E-state index contributed by atoms with van der Waals surface area (Å²) < 4.78 is 4.83. The number of carbonyl (C=O) groups excluding carboxylic acids is 1. The molecule has 0 aromatic carbocycles. The Balaban J connectivity index is 0.00000324. The number of hydrogen-bond donors (Lipinski definition) is 1. The largest absolute Gasteiger partial charge is 0.469 e. The van der Waals surface area contributed by atoms with Crippen LogP contribution in [-0.2, 0) is 9.53 Å². The summed E-state index contributed by atoms with van der Waals surface area (Å²) in [5.41, 5.74) is 5.55. The van der Waals surface area contributed by atoms with E-state index in [4.69, 9.17) is 10.5 Å². The third-order valence-electron chi connectivity index (χ3n) is 4.17. The van der Waals surface area contributed by atoms with Crippen LogP contribution in [-0.4, -0.2) is 43.7 Å². The summed E-state index contributed by atoms with van der Waals surface area (Å²) in [5, 5.41) is 0. The summed E-state index contributed by atoms with van der Waals surface area (Å²) in [6, 6.07) is 0.304. The summed E-state index contributed by atoms with van der Waals surface area (Å²) >= 11 is 0. The van der Waals surface area contributed by atoms with Gasteiger partial charge in [0.05, 0.1) is 12.5 Å². The van der Waals surface area contributed by atoms with Crippen LogP contribution < -0.4 is 5.73 Å². The Morgan fingerprint density at radius 1 is 1.42 bits per heavy atom. The molecule has 0 bridgehead atoms. The minimum absolute atomic E-state index is 0. The molecule has 1 unspecified atom stereocenters. The first-order valence-corrected chi connectivity index (χ1v) is 6.93. The molecular formula is C14H29ClN2O2. The molecule has 0 spiro atoms. The van der Waals surface area contributed by atoms with Crippen LogP contribution in [0.1, 0.15) is 40.0 Å². The van der Waals surface area contributed by atoms with Crippen molar-refractivity contribution in [2.75, 3.05) is 26.7 Å². The molecule has 1 heterocycles. The number of hydrogen-bond acceptors (Lipinski definition) is 4. The molecule has 0 aromatic rings. The van der Waals surface area contributed by atoms with E-state index in [1.165, 1.54) is 20.0 Å². The Kier molecular flexibility index (Phi) is 7.94. The molecule has 0 saturated carbocycles. The Hall–Kier alpha value is -0.320. The predicted octanol–water partition coefficient (Wildman–Crippen LogP) is 2.06. The van der Waals surface area contributed by atoms with E-state index >= 15 is 0 Å². The van der Waals surface area contributed by atoms with Crippen LogP contribution >= 0.6 is 12.4 Å². The average molecular weight is 293 g/mol. The van der Waals surface area contributed by atoms with Gasteiger partial charge in [-0.25, -0.2) is 0 Å². The van der Waals surface area contributed by atoms with Gasteiger partial charge in [0, 0.05) is 6.04 Å². The molecule has 0 aliphatic carbocycles. The van der Waals surface area contributed by atoms with Crippen LogP contribution in [0.15, 0.2) is 0 Å². The Labute approximate surface area is 123 Å². The second kappa shape index (κ2) is 8.08. The van der Waals surface area contributed by atoms with Gasteiger partial charge in [0.2, 0.25) is 0 Å². The van der Waals surface area contributed by atoms with E-state index in [1.807, 2.05) is 13.8 Å². The molecule has 1 aliphatic heterocycles. The molecule has 0 radical (unpaired) electrons. The molecule has 2 N–H and O–H groups in total. The minimum atomic E-state index is -0.382. The summed E-state index contributed by atoms with van der Waals surface area (Å²) in [4.78, 5) is 14.0. The zero-order valence-electron chi connectivity index (χ0n) is 12.6. The zero-order valence-corrected chi connectivity index (χ0v) is 13.5. The van der Waals surface area contributed by atoms with Gasteiger partial charge in [-0.3, -0.25) is 4.79 Å². The van der Waals surface area contributed by atoms with Gasteiger partial charge >= 0.3 is 5.97 Å². The number of halogens is 1. The number of nitrogens with two attached hydrogens (primary N) is 1. The van der Waals surface area contributed by atoms with Gasteiger partial charge in [0.1, 0.15) is 0 Å². The van der Waals surface area contributed by atoms with Crippen molar-refractivity contribution in [3.8, 4) is 0 Å². The molecule has 4 nitrogen and oxygen atoms in total. The van der Waals surface area contributed by atoms with E-state index in [0.29, 0.717) is 12.0 Å². The van der Waals surface area contributed by atoms with Crippen molar-refractivity contribution in [2.24, 2.45) is 17.1 Å². The number of esters is 1. The van der Waals surface area contributed by atoms with E-state index in [1.54, 1.807) is 0 Å². The van der Waals surface area contributed by atoms with Gasteiger partial charge in [-0.1, -0.05) is 0 Å². The first-order chi connectivity index (χ1) is 8.36. The summed E-state index contributed by atoms with van der Waals surface area (Å²) in [6.45, 7) is 9.17. The van der Waals surface area contributed by atoms with Crippen molar-refractivity contribution in [1.82, 2.24) is 4.90 Å². The van der Waals surface area contributed by atoms with Gasteiger partial charge < -0.3 is 15.4 Å². The monoisotopic (exact) mass is 292 g/mol. The highest BCUT2D eigenvalue weighted by Crippen LogP contribution is 2.25. The summed E-state index contributed by atoms with van der Waals surface area (Å²) in [6.07, 6.45) is 3.20. The van der Waals surface area contributed by atoms with E-state index in [9.17, 15) is 4.79 Å². The fourth-order valence-corrected chi connectivity index (χ4v) is 2.52. The Morgan fingerprint density at radius 2 is 1.95 bits per heavy atom. The lowest BCUT2D eigenvalue weighted by molar-refractivity contribution is -0.151. The number of likely N-dealkylation sites (tertiary alicyclic amines) is 1. The molecule has 1 rings (SSSR count). The van der Waals surface area contributed by atoms with Crippen LogP contribution in [0.25, 0.3) is 0 Å². The van der Waals surface area contributed by atoms with Crippen molar-refractivity contribution in [3.63, 3.8) is 0 Å². The number of ether oxygens (including phenoxy) is 1. The maximum absolute atomic E-state index is 11.6. The molecule has 1 saturated heterocycles. The molecule has 19 heavy (non-hydrogen) atoms. The van der Waals surface area contributed by atoms with E-state index < -0.39 is 0 Å². The first-order valence-electron chi connectivity index (χ1n) is 6.93. The molecule has 0 amide bonds. The molecule has 1 atom stereocenters. The molecule has 1 fully saturated rings. The highest BCUT2D eigenvalue weighted by Gasteiger charge is 2.30. The number of piperidine rings is 1. The number of methoxy groups -OCH3 is 1. The fourth-order valence-electron chi connectivity index (χ4n) is 2.52. The zero-order chi connectivity index (χ0) is 13.8. The quantitative estimate of drug-likeness (QED) is 0.788. The van der Waals surface area contributed by atoms with Crippen LogP contribution in [0.5, 0.6) is 0 Å². The van der Waals surface area contributed by atoms with E-state index in [2.05, 4.69) is 11.8 Å². The lowest BCUT2D eigenvalue weighted by Gasteiger charge is -2.35. The van der Waals surface area contributed by atoms with Crippen LogP contribution in [0.4, 0.5) is 0 Å². The standard InChI is InChI=1S/C14H28N2O2.ClH/c1-11(15)12-5-8-16(9-6-12)10-7-14(2,3)13(17)18-4;/h11-12H,5-10,15H2,1-4H3;1H. The SMILES string of the molecule is COC(=O)C(C)(C)CCN1CCC(C(C)N)CC1.Cl. The number of rotatable bonds is 5. The van der Waals surface area contributed by atoms with Crippen molar-refractivity contribution >= 4 is 18.4 Å². The molecule has 114 valence electrons. The topological polar surface area (TPSA) is 55.6 Å². The van der Waals surface area contributed by atoms with Gasteiger partial charge in [-0.05, 0) is 65.6 Å². The van der Waals surface area contributed by atoms with E-state index in [0.717, 1.165) is 26.1 Å². The van der Waals surface area contributed by atoms with Crippen LogP contribution in [0.2, 0.25) is 0 Å². The maximum Gasteiger partial charge on any atom is 0.311 e. The Morgan fingerprint density at radius 3 is 2.37 bits per heavy atom.